The number of ether oxygens (including phenoxy) is 1. The number of aromatic amines is 1. The lowest BCUT2D eigenvalue weighted by molar-refractivity contribution is 0.178. The fraction of sp³-hybridized carbons (Fsp3) is 0.150. The number of rotatable bonds is 4. The van der Waals surface area contributed by atoms with E-state index in [4.69, 9.17) is 4.74 Å². The molecule has 146 valence electrons. The number of nitrogens with one attached hydrogen (secondary N) is 1. The van der Waals surface area contributed by atoms with E-state index in [1.807, 2.05) is 0 Å². The van der Waals surface area contributed by atoms with Crippen LogP contribution in [0.1, 0.15) is 11.6 Å². The van der Waals surface area contributed by atoms with E-state index in [9.17, 15) is 13.6 Å². The second-order valence-electron chi connectivity index (χ2n) is 6.69. The van der Waals surface area contributed by atoms with Crippen molar-refractivity contribution < 1.29 is 18.3 Å². The van der Waals surface area contributed by atoms with E-state index in [0.29, 0.717) is 22.4 Å². The number of fused-ring (bicyclic) bond motifs is 1. The number of benzene rings is 2. The predicted octanol–water partition coefficient (Wildman–Crippen LogP) is 4.19. The minimum Gasteiger partial charge on any atom is -0.447 e. The molecule has 1 N–H and O–H groups in total. The molecule has 9 heteroatoms. The number of carbonyl (C=O) groups excluding carboxylic acids is 1. The largest absolute Gasteiger partial charge is 0.447 e. The molecule has 2 aromatic heterocycles. The summed E-state index contributed by atoms with van der Waals surface area (Å²) in [6.45, 7) is -0.715. The first-order valence-electron chi connectivity index (χ1n) is 8.91. The average Bonchev–Trinajstić information content (AvgIpc) is 3.46. The summed E-state index contributed by atoms with van der Waals surface area (Å²) in [7, 11) is 0. The van der Waals surface area contributed by atoms with Crippen LogP contribution in [0, 0.1) is 5.82 Å². The Hall–Kier alpha value is -3.75. The van der Waals surface area contributed by atoms with E-state index in [1.165, 1.54) is 23.4 Å². The maximum Gasteiger partial charge on any atom is 0.415 e. The van der Waals surface area contributed by atoms with Crippen LogP contribution >= 0.6 is 0 Å². The van der Waals surface area contributed by atoms with Crippen molar-refractivity contribution in [1.82, 2.24) is 19.7 Å². The highest BCUT2D eigenvalue weighted by Crippen LogP contribution is 2.36. The standard InChI is InChI=1S/C20H15F2N5O2/c21-10-26-8-13(7-25-26)12-1-3-15(16(22)5-12)19-9-29-20(28)27(19)14-2-4-17-18(6-14)24-11-23-17/h1-8,11,19H,9-10H2,(H,23,24)/t19-/m1/s1. The van der Waals surface area contributed by atoms with Gasteiger partial charge in [0, 0.05) is 17.3 Å². The third-order valence-corrected chi connectivity index (χ3v) is 5.00. The van der Waals surface area contributed by atoms with Gasteiger partial charge in [0.1, 0.15) is 18.5 Å². The first-order valence-corrected chi connectivity index (χ1v) is 8.91. The molecule has 1 atom stereocenters. The lowest BCUT2D eigenvalue weighted by atomic mass is 10.0. The van der Waals surface area contributed by atoms with Crippen LogP contribution in [-0.2, 0) is 11.5 Å². The number of halogens is 2. The molecule has 2 aromatic carbocycles. The molecule has 1 aliphatic heterocycles. The van der Waals surface area contributed by atoms with Crippen molar-refractivity contribution in [3.05, 3.63) is 66.5 Å². The summed E-state index contributed by atoms with van der Waals surface area (Å²) in [4.78, 5) is 21.0. The van der Waals surface area contributed by atoms with Gasteiger partial charge in [0.25, 0.3) is 0 Å². The Bertz CT molecular complexity index is 1220. The van der Waals surface area contributed by atoms with E-state index < -0.39 is 24.8 Å². The smallest absolute Gasteiger partial charge is 0.415 e. The quantitative estimate of drug-likeness (QED) is 0.562. The highest BCUT2D eigenvalue weighted by atomic mass is 19.1. The number of carbonyl (C=O) groups is 1. The maximum atomic E-state index is 15.0. The molecule has 0 spiro atoms. The van der Waals surface area contributed by atoms with Crippen molar-refractivity contribution in [3.63, 3.8) is 0 Å². The molecule has 0 aliphatic carbocycles. The van der Waals surface area contributed by atoms with Gasteiger partial charge in [0.05, 0.1) is 29.2 Å². The first-order chi connectivity index (χ1) is 14.1. The molecule has 4 aromatic rings. The van der Waals surface area contributed by atoms with Gasteiger partial charge in [0.15, 0.2) is 6.80 Å². The van der Waals surface area contributed by atoms with Crippen LogP contribution in [-0.4, -0.2) is 32.4 Å². The Labute approximate surface area is 163 Å². The Morgan fingerprint density at radius 2 is 2.10 bits per heavy atom. The van der Waals surface area contributed by atoms with Crippen molar-refractivity contribution >= 4 is 22.8 Å². The van der Waals surface area contributed by atoms with Gasteiger partial charge in [-0.2, -0.15) is 5.10 Å². The summed E-state index contributed by atoms with van der Waals surface area (Å²) in [5, 5.41) is 3.86. The van der Waals surface area contributed by atoms with Gasteiger partial charge in [-0.3, -0.25) is 4.90 Å². The second-order valence-corrected chi connectivity index (χ2v) is 6.69. The molecule has 7 nitrogen and oxygen atoms in total. The molecule has 1 fully saturated rings. The fourth-order valence-electron chi connectivity index (χ4n) is 3.56. The number of imidazole rings is 1. The van der Waals surface area contributed by atoms with Gasteiger partial charge in [-0.25, -0.2) is 23.2 Å². The highest BCUT2D eigenvalue weighted by Gasteiger charge is 2.37. The normalized spacial score (nSPS) is 16.6. The predicted molar refractivity (Wildman–Crippen MR) is 101 cm³/mol. The van der Waals surface area contributed by atoms with Gasteiger partial charge in [-0.15, -0.1) is 0 Å². The van der Waals surface area contributed by atoms with Crippen molar-refractivity contribution in [2.75, 3.05) is 11.5 Å². The zero-order valence-electron chi connectivity index (χ0n) is 15.0. The second kappa shape index (κ2) is 6.69. The molecule has 0 radical (unpaired) electrons. The Kier molecular flexibility index (Phi) is 4.01. The first kappa shape index (κ1) is 17.4. The summed E-state index contributed by atoms with van der Waals surface area (Å²) >= 11 is 0. The van der Waals surface area contributed by atoms with E-state index in [2.05, 4.69) is 15.1 Å². The number of hydrogen-bond donors (Lipinski definition) is 1. The molecule has 1 saturated heterocycles. The number of nitrogens with zero attached hydrogens (tertiary/aromatic N) is 4. The zero-order chi connectivity index (χ0) is 20.0. The monoisotopic (exact) mass is 395 g/mol. The maximum absolute atomic E-state index is 15.0. The van der Waals surface area contributed by atoms with Crippen molar-refractivity contribution in [2.24, 2.45) is 0 Å². The molecule has 1 amide bonds. The van der Waals surface area contributed by atoms with Crippen LogP contribution in [0.15, 0.2) is 55.1 Å². The Balaban J connectivity index is 1.50. The summed E-state index contributed by atoms with van der Waals surface area (Å²) in [6.07, 6.45) is 4.00. The lowest BCUT2D eigenvalue weighted by Crippen LogP contribution is -2.27. The Morgan fingerprint density at radius 1 is 1.21 bits per heavy atom. The van der Waals surface area contributed by atoms with Crippen LogP contribution in [0.2, 0.25) is 0 Å². The number of aromatic nitrogens is 4. The van der Waals surface area contributed by atoms with Gasteiger partial charge < -0.3 is 9.72 Å². The van der Waals surface area contributed by atoms with E-state index in [1.54, 1.807) is 36.7 Å². The zero-order valence-corrected chi connectivity index (χ0v) is 15.0. The molecular weight excluding hydrogens is 380 g/mol. The molecule has 0 unspecified atom stereocenters. The summed E-state index contributed by atoms with van der Waals surface area (Å²) in [5.41, 5.74) is 3.63. The molecule has 0 saturated carbocycles. The number of amides is 1. The highest BCUT2D eigenvalue weighted by molar-refractivity contribution is 5.93. The van der Waals surface area contributed by atoms with Crippen molar-refractivity contribution in [3.8, 4) is 11.1 Å². The minimum absolute atomic E-state index is 0.0376. The average molecular weight is 395 g/mol. The third-order valence-electron chi connectivity index (χ3n) is 5.00. The Morgan fingerprint density at radius 3 is 2.90 bits per heavy atom. The van der Waals surface area contributed by atoms with Crippen LogP contribution < -0.4 is 4.90 Å². The van der Waals surface area contributed by atoms with Crippen LogP contribution in [0.4, 0.5) is 19.3 Å². The molecule has 5 rings (SSSR count). The van der Waals surface area contributed by atoms with E-state index in [0.717, 1.165) is 15.7 Å². The molecule has 29 heavy (non-hydrogen) atoms. The van der Waals surface area contributed by atoms with Crippen LogP contribution in [0.5, 0.6) is 0 Å². The number of H-pyrrole nitrogens is 1. The third kappa shape index (κ3) is 2.91. The van der Waals surface area contributed by atoms with Gasteiger partial charge in [-0.05, 0) is 29.8 Å². The van der Waals surface area contributed by atoms with Crippen molar-refractivity contribution in [2.45, 2.75) is 12.8 Å². The summed E-state index contributed by atoms with van der Waals surface area (Å²) in [6, 6.07) is 9.40. The molecular formula is C20H15F2N5O2. The number of cyclic esters (lactones) is 1. The number of hydrogen-bond acceptors (Lipinski definition) is 4. The van der Waals surface area contributed by atoms with Crippen molar-refractivity contribution in [1.29, 1.82) is 0 Å². The number of anilines is 1. The topological polar surface area (TPSA) is 76.0 Å². The summed E-state index contributed by atoms with van der Waals surface area (Å²) in [5.74, 6) is -0.480. The molecule has 1 aliphatic rings. The van der Waals surface area contributed by atoms with Crippen LogP contribution in [0.25, 0.3) is 22.2 Å². The summed E-state index contributed by atoms with van der Waals surface area (Å²) < 4.78 is 34.0. The minimum atomic E-state index is -0.752. The van der Waals surface area contributed by atoms with E-state index in [-0.39, 0.29) is 6.61 Å². The molecule has 3 heterocycles. The lowest BCUT2D eigenvalue weighted by Gasteiger charge is -2.22. The van der Waals surface area contributed by atoms with Crippen LogP contribution in [0.3, 0.4) is 0 Å². The van der Waals surface area contributed by atoms with E-state index >= 15 is 0 Å². The van der Waals surface area contributed by atoms with Gasteiger partial charge >= 0.3 is 6.09 Å². The fourth-order valence-corrected chi connectivity index (χ4v) is 3.56. The molecule has 0 bridgehead atoms. The van der Waals surface area contributed by atoms with Gasteiger partial charge in [0.2, 0.25) is 0 Å². The number of alkyl halides is 1. The SMILES string of the molecule is O=C1OC[C@H](c2ccc(-c3cnn(CF)c3)cc2F)N1c1ccc2nc[nH]c2c1. The van der Waals surface area contributed by atoms with Gasteiger partial charge in [-0.1, -0.05) is 12.1 Å².